The van der Waals surface area contributed by atoms with Gasteiger partial charge in [0, 0.05) is 28.4 Å². The molecule has 12 heteroatoms. The molecule has 0 bridgehead atoms. The zero-order valence-electron chi connectivity index (χ0n) is 17.4. The number of halogens is 1. The molecule has 0 aliphatic heterocycles. The lowest BCUT2D eigenvalue weighted by Gasteiger charge is -2.05. The third kappa shape index (κ3) is 6.03. The van der Waals surface area contributed by atoms with Gasteiger partial charge in [0.15, 0.2) is 0 Å². The number of nitrogens with zero attached hydrogens (tertiary/aromatic N) is 5. The molecule has 0 aliphatic rings. The highest BCUT2D eigenvalue weighted by molar-refractivity contribution is 7.95. The zero-order valence-corrected chi connectivity index (χ0v) is 19.0. The highest BCUT2D eigenvalue weighted by atomic mass is 35.5. The van der Waals surface area contributed by atoms with Gasteiger partial charge in [0.25, 0.3) is 15.7 Å². The number of tetrazole rings is 1. The first-order valence-electron chi connectivity index (χ1n) is 9.85. The largest absolute Gasteiger partial charge is 0.280 e. The van der Waals surface area contributed by atoms with E-state index < -0.39 is 14.9 Å². The third-order valence-electron chi connectivity index (χ3n) is 4.57. The van der Waals surface area contributed by atoms with Crippen LogP contribution in [0, 0.1) is 10.1 Å². The fraction of sp³-hybridized carbons (Fsp3) is 0.0455. The normalized spacial score (nSPS) is 11.6. The Morgan fingerprint density at radius 2 is 1.85 bits per heavy atom. The molecule has 0 unspecified atom stereocenters. The highest BCUT2D eigenvalue weighted by Gasteiger charge is 2.11. The summed E-state index contributed by atoms with van der Waals surface area (Å²) in [6.45, 7) is 0.377. The Bertz CT molecular complexity index is 1490. The van der Waals surface area contributed by atoms with Gasteiger partial charge in [0.1, 0.15) is 0 Å². The number of hydrogen-bond donors (Lipinski definition) is 1. The van der Waals surface area contributed by atoms with Gasteiger partial charge in [0.2, 0.25) is 5.82 Å². The van der Waals surface area contributed by atoms with Crippen molar-refractivity contribution < 1.29 is 13.3 Å². The van der Waals surface area contributed by atoms with E-state index >= 15 is 0 Å². The van der Waals surface area contributed by atoms with E-state index in [2.05, 4.69) is 20.1 Å². The molecule has 34 heavy (non-hydrogen) atoms. The van der Waals surface area contributed by atoms with E-state index in [1.165, 1.54) is 29.1 Å². The highest BCUT2D eigenvalue weighted by Crippen LogP contribution is 2.21. The number of anilines is 1. The van der Waals surface area contributed by atoms with Gasteiger partial charge in [-0.25, -0.2) is 8.42 Å². The van der Waals surface area contributed by atoms with Crippen molar-refractivity contribution in [2.24, 2.45) is 0 Å². The molecule has 0 spiro atoms. The van der Waals surface area contributed by atoms with Crippen molar-refractivity contribution in [1.82, 2.24) is 20.2 Å². The van der Waals surface area contributed by atoms with Crippen molar-refractivity contribution >= 4 is 39.1 Å². The van der Waals surface area contributed by atoms with Gasteiger partial charge in [0.05, 0.1) is 16.9 Å². The van der Waals surface area contributed by atoms with Crippen LogP contribution in [0.3, 0.4) is 0 Å². The molecule has 10 nitrogen and oxygen atoms in total. The first-order chi connectivity index (χ1) is 16.3. The first kappa shape index (κ1) is 23.1. The van der Waals surface area contributed by atoms with Gasteiger partial charge in [-0.15, -0.1) is 10.2 Å². The summed E-state index contributed by atoms with van der Waals surface area (Å²) in [6, 6.07) is 19.5. The summed E-state index contributed by atoms with van der Waals surface area (Å²) in [4.78, 5) is 11.7. The Balaban J connectivity index is 1.48. The number of aromatic nitrogens is 4. The topological polar surface area (TPSA) is 133 Å². The average Bonchev–Trinajstić information content (AvgIpc) is 3.26. The molecule has 0 aliphatic carbocycles. The van der Waals surface area contributed by atoms with E-state index in [1.54, 1.807) is 42.5 Å². The van der Waals surface area contributed by atoms with Crippen molar-refractivity contribution in [3.05, 3.63) is 104 Å². The number of non-ortho nitro benzene ring substituents is 1. The van der Waals surface area contributed by atoms with Crippen LogP contribution < -0.4 is 4.72 Å². The van der Waals surface area contributed by atoms with Gasteiger partial charge < -0.3 is 0 Å². The van der Waals surface area contributed by atoms with Crippen LogP contribution in [0.15, 0.2) is 78.2 Å². The van der Waals surface area contributed by atoms with Crippen LogP contribution in [0.25, 0.3) is 17.5 Å². The van der Waals surface area contributed by atoms with Crippen molar-refractivity contribution in [2.75, 3.05) is 4.72 Å². The second kappa shape index (κ2) is 9.81. The lowest BCUT2D eigenvalue weighted by atomic mass is 10.2. The molecule has 0 saturated carbocycles. The minimum atomic E-state index is -3.88. The maximum absolute atomic E-state index is 12.5. The summed E-state index contributed by atoms with van der Waals surface area (Å²) in [5.74, 6) is 0.329. The van der Waals surface area contributed by atoms with E-state index in [0.29, 0.717) is 34.2 Å². The van der Waals surface area contributed by atoms with Gasteiger partial charge in [-0.1, -0.05) is 48.0 Å². The summed E-state index contributed by atoms with van der Waals surface area (Å²) in [5, 5.41) is 24.9. The number of nitrogens with one attached hydrogen (secondary N) is 1. The number of nitro groups is 1. The Morgan fingerprint density at radius 1 is 1.06 bits per heavy atom. The SMILES string of the molecule is O=[N+]([O-])c1cccc(/C=C/S(=O)(=O)Nc2cccc(-c3nnn(Cc4cccc(Cl)c4)n3)c2)c1. The quantitative estimate of drug-likeness (QED) is 0.283. The predicted octanol–water partition coefficient (Wildman–Crippen LogP) is 4.36. The molecule has 4 aromatic rings. The van der Waals surface area contributed by atoms with Gasteiger partial charge >= 0.3 is 0 Å². The van der Waals surface area contributed by atoms with E-state index in [9.17, 15) is 18.5 Å². The number of hydrogen-bond acceptors (Lipinski definition) is 7. The summed E-state index contributed by atoms with van der Waals surface area (Å²) >= 11 is 6.01. The maximum atomic E-state index is 12.5. The van der Waals surface area contributed by atoms with E-state index in [1.807, 2.05) is 12.1 Å². The first-order valence-corrected chi connectivity index (χ1v) is 11.8. The Morgan fingerprint density at radius 3 is 2.65 bits per heavy atom. The fourth-order valence-electron chi connectivity index (χ4n) is 3.05. The number of sulfonamides is 1. The molecule has 0 radical (unpaired) electrons. The molecule has 3 aromatic carbocycles. The van der Waals surface area contributed by atoms with Crippen LogP contribution >= 0.6 is 11.6 Å². The van der Waals surface area contributed by atoms with Crippen LogP contribution in [-0.2, 0) is 16.6 Å². The van der Waals surface area contributed by atoms with Gasteiger partial charge in [-0.3, -0.25) is 14.8 Å². The molecule has 0 fully saturated rings. The average molecular weight is 497 g/mol. The number of rotatable bonds is 8. The molecule has 0 atom stereocenters. The van der Waals surface area contributed by atoms with Crippen molar-refractivity contribution in [3.63, 3.8) is 0 Å². The molecule has 4 rings (SSSR count). The van der Waals surface area contributed by atoms with Crippen LogP contribution in [0.2, 0.25) is 5.02 Å². The molecular formula is C22H17ClN6O4S. The summed E-state index contributed by atoms with van der Waals surface area (Å²) in [7, 11) is -3.88. The Kier molecular flexibility index (Phi) is 6.66. The molecule has 172 valence electrons. The minimum absolute atomic E-state index is 0.129. The van der Waals surface area contributed by atoms with Gasteiger partial charge in [-0.2, -0.15) is 4.80 Å². The summed E-state index contributed by atoms with van der Waals surface area (Å²) < 4.78 is 27.4. The molecule has 1 aromatic heterocycles. The van der Waals surface area contributed by atoms with Crippen LogP contribution in [-0.4, -0.2) is 33.5 Å². The Hall–Kier alpha value is -4.09. The molecule has 0 saturated heterocycles. The molecule has 1 heterocycles. The van der Waals surface area contributed by atoms with Crippen LogP contribution in [0.4, 0.5) is 11.4 Å². The lowest BCUT2D eigenvalue weighted by molar-refractivity contribution is -0.384. The third-order valence-corrected chi connectivity index (χ3v) is 5.82. The smallest absolute Gasteiger partial charge is 0.270 e. The van der Waals surface area contributed by atoms with E-state index in [0.717, 1.165) is 11.0 Å². The zero-order chi connectivity index (χ0) is 24.1. The minimum Gasteiger partial charge on any atom is -0.280 e. The Labute approximate surface area is 199 Å². The maximum Gasteiger partial charge on any atom is 0.270 e. The molecule has 0 amide bonds. The van der Waals surface area contributed by atoms with Crippen molar-refractivity contribution in [1.29, 1.82) is 0 Å². The second-order valence-electron chi connectivity index (χ2n) is 7.16. The fourth-order valence-corrected chi connectivity index (χ4v) is 4.13. The van der Waals surface area contributed by atoms with Gasteiger partial charge in [-0.05, 0) is 46.7 Å². The van der Waals surface area contributed by atoms with Crippen molar-refractivity contribution in [3.8, 4) is 11.4 Å². The van der Waals surface area contributed by atoms with Crippen LogP contribution in [0.5, 0.6) is 0 Å². The lowest BCUT2D eigenvalue weighted by Crippen LogP contribution is -2.08. The number of nitro benzene ring substituents is 1. The van der Waals surface area contributed by atoms with E-state index in [-0.39, 0.29) is 5.69 Å². The standard InChI is InChI=1S/C22H17ClN6O4S/c23-19-7-1-5-17(12-19)15-28-25-22(24-27-28)18-6-3-8-20(14-18)26-34(32,33)11-10-16-4-2-9-21(13-16)29(30)31/h1-14,26H,15H2/b11-10+. The summed E-state index contributed by atoms with van der Waals surface area (Å²) in [6.07, 6.45) is 1.28. The molecular weight excluding hydrogens is 480 g/mol. The predicted molar refractivity (Wildman–Crippen MR) is 128 cm³/mol. The second-order valence-corrected chi connectivity index (χ2v) is 9.16. The van der Waals surface area contributed by atoms with E-state index in [4.69, 9.17) is 11.6 Å². The van der Waals surface area contributed by atoms with Crippen LogP contribution in [0.1, 0.15) is 11.1 Å². The molecule has 1 N–H and O–H groups in total. The van der Waals surface area contributed by atoms with Crippen molar-refractivity contribution in [2.45, 2.75) is 6.54 Å². The monoisotopic (exact) mass is 496 g/mol. The summed E-state index contributed by atoms with van der Waals surface area (Å²) in [5.41, 5.74) is 2.03. The number of benzene rings is 3.